The maximum absolute atomic E-state index is 4.58. The summed E-state index contributed by atoms with van der Waals surface area (Å²) < 4.78 is 0. The number of hydrogen-bond donors (Lipinski definition) is 0. The maximum atomic E-state index is 4.58. The van der Waals surface area contributed by atoms with Crippen LogP contribution in [0.4, 0.5) is 0 Å². The molecule has 0 aliphatic rings. The van der Waals surface area contributed by atoms with E-state index >= 15 is 0 Å². The van der Waals surface area contributed by atoms with Gasteiger partial charge in [-0.2, -0.15) is 0 Å². The average molecular weight is 1660 g/mol. The Morgan fingerprint density at radius 2 is 0.986 bits per heavy atom. The molecule has 4 heterocycles. The van der Waals surface area contributed by atoms with E-state index in [4.69, 9.17) is 0 Å². The maximum Gasteiger partial charge on any atom is 0.0239 e. The number of benzene rings is 6. The minimum absolute atomic E-state index is 0. The van der Waals surface area contributed by atoms with Crippen LogP contribution in [0.3, 0.4) is 0 Å². The minimum atomic E-state index is 0. The summed E-state index contributed by atoms with van der Waals surface area (Å²) in [4.78, 5) is 17.6. The summed E-state index contributed by atoms with van der Waals surface area (Å²) in [6.07, 6.45) is 8.49. The number of nitrogens with zero attached hydrogens (tertiary/aromatic N) is 4. The summed E-state index contributed by atoms with van der Waals surface area (Å²) >= 11 is 0. The van der Waals surface area contributed by atoms with Gasteiger partial charge in [0.05, 0.1) is 0 Å². The van der Waals surface area contributed by atoms with Crippen LogP contribution in [0.1, 0.15) is 47.2 Å². The van der Waals surface area contributed by atoms with Crippen molar-refractivity contribution in [1.82, 2.24) is 19.9 Å². The summed E-state index contributed by atoms with van der Waals surface area (Å²) in [7, 11) is 0. The molecule has 4 aromatic heterocycles. The first kappa shape index (κ1) is 61.8. The number of aryl methyl sites for hydroxylation is 5. The van der Waals surface area contributed by atoms with Crippen LogP contribution < -0.4 is 0 Å². The third kappa shape index (κ3) is 18.8. The standard InChI is InChI=1S/C21H20N.C19H16N.C13H12N.C12H10N.4Ir/c1-16(2)13-17-7-5-8-18(14-17)19-9-6-10-20(15-19)21-11-3-4-12-22-21;1-14-7-6-8-15(2)19(14)17-11-12-18(20-13-17)16-9-4-3-5-10-16;1-10-7-11(2)9-12(8-10)13-5-3-4-6-14-13;1-10-6-2-3-7-11(10)12-8-4-5-9-13-12;;;;/h3-9,11-12,14-16H,13H2,1-2H3;3-9,11-13H,1-2H3;3-8H,1-2H3;2-6,8-9H,1H3;;;;/q4*-1;;;;. The predicted octanol–water partition coefficient (Wildman–Crippen LogP) is 16.3. The van der Waals surface area contributed by atoms with Crippen LogP contribution in [-0.2, 0) is 86.8 Å². The van der Waals surface area contributed by atoms with Crippen LogP contribution in [0.25, 0.3) is 67.3 Å². The number of rotatable bonds is 8. The fourth-order valence-corrected chi connectivity index (χ4v) is 8.05. The Bertz CT molecular complexity index is 3110. The number of pyridine rings is 4. The molecule has 10 aromatic rings. The van der Waals surface area contributed by atoms with Gasteiger partial charge in [0.15, 0.2) is 0 Å². The van der Waals surface area contributed by atoms with Gasteiger partial charge in [-0.25, -0.2) is 0 Å². The summed E-state index contributed by atoms with van der Waals surface area (Å²) in [5.74, 6) is 0.670. The van der Waals surface area contributed by atoms with Gasteiger partial charge in [0, 0.05) is 105 Å². The molecule has 0 bridgehead atoms. The fourth-order valence-electron chi connectivity index (χ4n) is 8.05. The van der Waals surface area contributed by atoms with Crippen molar-refractivity contribution in [2.45, 2.75) is 54.9 Å². The van der Waals surface area contributed by atoms with Gasteiger partial charge in [0.2, 0.25) is 0 Å². The van der Waals surface area contributed by atoms with E-state index < -0.39 is 0 Å². The molecule has 0 atom stereocenters. The first-order chi connectivity index (χ1) is 33.6. The van der Waals surface area contributed by atoms with Gasteiger partial charge in [-0.1, -0.05) is 126 Å². The molecule has 10 rings (SSSR count). The second kappa shape index (κ2) is 32.0. The van der Waals surface area contributed by atoms with Crippen LogP contribution in [0, 0.1) is 64.8 Å². The van der Waals surface area contributed by atoms with E-state index in [0.717, 1.165) is 57.0 Å². The Balaban J connectivity index is 0.000000257. The van der Waals surface area contributed by atoms with E-state index in [1.807, 2.05) is 109 Å². The molecule has 73 heavy (non-hydrogen) atoms. The molecule has 0 spiro atoms. The molecule has 0 saturated carbocycles. The second-order valence-electron chi connectivity index (χ2n) is 17.4. The Hall–Kier alpha value is -5.48. The molecule has 6 aromatic carbocycles. The minimum Gasteiger partial charge on any atom is -0.305 e. The summed E-state index contributed by atoms with van der Waals surface area (Å²) in [6, 6.07) is 74.5. The van der Waals surface area contributed by atoms with Crippen molar-refractivity contribution < 1.29 is 80.4 Å². The third-order valence-corrected chi connectivity index (χ3v) is 11.2. The fraction of sp³-hybridized carbons (Fsp3) is 0.138. The van der Waals surface area contributed by atoms with Crippen molar-refractivity contribution in [3.05, 3.63) is 264 Å². The van der Waals surface area contributed by atoms with E-state index in [1.54, 1.807) is 12.4 Å². The zero-order valence-electron chi connectivity index (χ0n) is 42.0. The quantitative estimate of drug-likeness (QED) is 0.142. The first-order valence-electron chi connectivity index (χ1n) is 23.4. The zero-order chi connectivity index (χ0) is 48.4. The smallest absolute Gasteiger partial charge is 0.0239 e. The molecule has 0 saturated heterocycles. The van der Waals surface area contributed by atoms with Gasteiger partial charge in [-0.15, -0.1) is 142 Å². The summed E-state index contributed by atoms with van der Waals surface area (Å²) in [5, 5.41) is 0. The van der Waals surface area contributed by atoms with E-state index in [-0.39, 0.29) is 80.4 Å². The van der Waals surface area contributed by atoms with E-state index in [1.165, 1.54) is 50.1 Å². The van der Waals surface area contributed by atoms with Crippen LogP contribution in [-0.4, -0.2) is 19.9 Å². The normalized spacial score (nSPS) is 9.86. The molecule has 8 heteroatoms. The van der Waals surface area contributed by atoms with Gasteiger partial charge in [-0.05, 0) is 101 Å². The molecule has 0 aliphatic heterocycles. The van der Waals surface area contributed by atoms with Gasteiger partial charge < -0.3 is 19.9 Å². The van der Waals surface area contributed by atoms with Crippen molar-refractivity contribution in [2.24, 2.45) is 5.92 Å². The molecular formula is C65H58Ir4N4-4. The Labute approximate surface area is 488 Å². The summed E-state index contributed by atoms with van der Waals surface area (Å²) in [5.41, 5.74) is 20.6. The van der Waals surface area contributed by atoms with Crippen LogP contribution in [0.5, 0.6) is 0 Å². The summed E-state index contributed by atoms with van der Waals surface area (Å²) in [6.45, 7) is 15.0. The van der Waals surface area contributed by atoms with Gasteiger partial charge in [-0.3, -0.25) is 0 Å². The van der Waals surface area contributed by atoms with E-state index in [0.29, 0.717) is 5.92 Å². The van der Waals surface area contributed by atoms with Gasteiger partial charge >= 0.3 is 0 Å². The molecule has 4 nitrogen and oxygen atoms in total. The molecule has 0 aliphatic carbocycles. The van der Waals surface area contributed by atoms with Crippen molar-refractivity contribution in [2.75, 3.05) is 0 Å². The Morgan fingerprint density at radius 3 is 1.56 bits per heavy atom. The molecule has 0 N–H and O–H groups in total. The molecule has 0 amide bonds. The monoisotopic (exact) mass is 1670 g/mol. The van der Waals surface area contributed by atoms with Crippen molar-refractivity contribution in [1.29, 1.82) is 0 Å². The largest absolute Gasteiger partial charge is 0.305 e. The van der Waals surface area contributed by atoms with Gasteiger partial charge in [0.1, 0.15) is 0 Å². The third-order valence-electron chi connectivity index (χ3n) is 11.2. The van der Waals surface area contributed by atoms with Crippen LogP contribution in [0.2, 0.25) is 0 Å². The number of aromatic nitrogens is 4. The van der Waals surface area contributed by atoms with E-state index in [9.17, 15) is 0 Å². The van der Waals surface area contributed by atoms with Crippen LogP contribution >= 0.6 is 0 Å². The van der Waals surface area contributed by atoms with Crippen molar-refractivity contribution >= 4 is 0 Å². The average Bonchev–Trinajstić information content (AvgIpc) is 3.38. The zero-order valence-corrected chi connectivity index (χ0v) is 51.6. The second-order valence-corrected chi connectivity index (χ2v) is 17.4. The van der Waals surface area contributed by atoms with Gasteiger partial charge in [0.25, 0.3) is 0 Å². The molecular weight excluding hydrogens is 1610 g/mol. The Kier molecular flexibility index (Phi) is 27.1. The predicted molar refractivity (Wildman–Crippen MR) is 287 cm³/mol. The molecule has 4 radical (unpaired) electrons. The van der Waals surface area contributed by atoms with E-state index in [2.05, 4.69) is 178 Å². The molecule has 378 valence electrons. The molecule has 0 fully saturated rings. The van der Waals surface area contributed by atoms with Crippen molar-refractivity contribution in [3.63, 3.8) is 0 Å². The van der Waals surface area contributed by atoms with Crippen molar-refractivity contribution in [3.8, 4) is 67.3 Å². The molecule has 0 unspecified atom stereocenters. The SMILES string of the molecule is CC(C)Cc1cccc(-c2cc[c-]c(-c3ccccn3)c2)c1.Cc1[c-]c(-c2ccccn2)cc(C)c1.Cc1ccc[c-]c1-c1ccccn1.Cc1cccc(C)c1-c1ccc(-c2[c-]cccc2)nc1.[Ir].[Ir].[Ir].[Ir]. The topological polar surface area (TPSA) is 51.6 Å². The first-order valence-corrected chi connectivity index (χ1v) is 23.4. The van der Waals surface area contributed by atoms with Crippen LogP contribution in [0.15, 0.2) is 207 Å². The number of hydrogen-bond acceptors (Lipinski definition) is 4. The Morgan fingerprint density at radius 1 is 0.411 bits per heavy atom.